The Hall–Kier alpha value is -0.980. The van der Waals surface area contributed by atoms with E-state index in [-0.39, 0.29) is 10.7 Å². The number of benzene rings is 1. The van der Waals surface area contributed by atoms with E-state index < -0.39 is 10.0 Å². The maximum Gasteiger partial charge on any atom is 0.242 e. The summed E-state index contributed by atoms with van der Waals surface area (Å²) in [4.78, 5) is 0.142. The minimum absolute atomic E-state index is 0.142. The highest BCUT2D eigenvalue weighted by molar-refractivity contribution is 7.89. The summed E-state index contributed by atoms with van der Waals surface area (Å²) in [5.41, 5.74) is 0.379. The standard InChI is InChI=1S/C14H23FN2O2S/c1-4-8-16-11-12-10-13(6-7-14(12)15)20(18,19)17(3)9-5-2/h6-7,10,16H,4-5,8-9,11H2,1-3H3. The highest BCUT2D eigenvalue weighted by Crippen LogP contribution is 2.18. The molecule has 0 aliphatic rings. The first-order valence-corrected chi connectivity index (χ1v) is 8.33. The van der Waals surface area contributed by atoms with E-state index >= 15 is 0 Å². The van der Waals surface area contributed by atoms with Crippen molar-refractivity contribution in [2.24, 2.45) is 0 Å². The lowest BCUT2D eigenvalue weighted by molar-refractivity contribution is 0.468. The molecule has 1 N–H and O–H groups in total. The third-order valence-corrected chi connectivity index (χ3v) is 4.86. The zero-order valence-corrected chi connectivity index (χ0v) is 13.1. The Kier molecular flexibility index (Phi) is 6.58. The van der Waals surface area contributed by atoms with E-state index in [2.05, 4.69) is 5.32 Å². The van der Waals surface area contributed by atoms with Gasteiger partial charge in [0.1, 0.15) is 5.82 Å². The Morgan fingerprint density at radius 1 is 1.25 bits per heavy atom. The Bertz CT molecular complexity index is 532. The third-order valence-electron chi connectivity index (χ3n) is 3.01. The van der Waals surface area contributed by atoms with Gasteiger partial charge in [0.05, 0.1) is 4.90 Å². The largest absolute Gasteiger partial charge is 0.313 e. The zero-order valence-electron chi connectivity index (χ0n) is 12.3. The maximum atomic E-state index is 13.7. The van der Waals surface area contributed by atoms with Crippen molar-refractivity contribution >= 4 is 10.0 Å². The molecule has 0 radical (unpaired) electrons. The second kappa shape index (κ2) is 7.71. The van der Waals surface area contributed by atoms with Crippen LogP contribution in [-0.2, 0) is 16.6 Å². The number of nitrogens with one attached hydrogen (secondary N) is 1. The molecule has 4 nitrogen and oxygen atoms in total. The molecule has 0 aliphatic heterocycles. The first kappa shape index (κ1) is 17.1. The third kappa shape index (κ3) is 4.26. The summed E-state index contributed by atoms with van der Waals surface area (Å²) in [5, 5.41) is 3.08. The molecule has 1 rings (SSSR count). The molecule has 1 aromatic rings. The van der Waals surface area contributed by atoms with E-state index in [1.54, 1.807) is 0 Å². The molecule has 0 amide bonds. The van der Waals surface area contributed by atoms with Gasteiger partial charge in [-0.05, 0) is 37.6 Å². The van der Waals surface area contributed by atoms with Crippen molar-refractivity contribution in [1.29, 1.82) is 0 Å². The van der Waals surface area contributed by atoms with Crippen LogP contribution in [0.4, 0.5) is 4.39 Å². The predicted molar refractivity (Wildman–Crippen MR) is 78.5 cm³/mol. The van der Waals surface area contributed by atoms with Gasteiger partial charge in [-0.25, -0.2) is 17.1 Å². The first-order valence-electron chi connectivity index (χ1n) is 6.89. The SMILES string of the molecule is CCCNCc1cc(S(=O)(=O)N(C)CCC)ccc1F. The molecule has 0 aliphatic carbocycles. The molecule has 0 saturated heterocycles. The average Bonchev–Trinajstić information content (AvgIpc) is 2.41. The Morgan fingerprint density at radius 3 is 2.55 bits per heavy atom. The van der Waals surface area contributed by atoms with Crippen LogP contribution in [0.15, 0.2) is 23.1 Å². The van der Waals surface area contributed by atoms with Crippen molar-refractivity contribution < 1.29 is 12.8 Å². The second-order valence-electron chi connectivity index (χ2n) is 4.76. The number of hydrogen-bond donors (Lipinski definition) is 1. The van der Waals surface area contributed by atoms with Crippen LogP contribution in [0.5, 0.6) is 0 Å². The monoisotopic (exact) mass is 302 g/mol. The van der Waals surface area contributed by atoms with Gasteiger partial charge in [-0.2, -0.15) is 0 Å². The van der Waals surface area contributed by atoms with Gasteiger partial charge < -0.3 is 5.32 Å². The van der Waals surface area contributed by atoms with E-state index in [0.29, 0.717) is 18.7 Å². The van der Waals surface area contributed by atoms with E-state index in [9.17, 15) is 12.8 Å². The van der Waals surface area contributed by atoms with Crippen LogP contribution in [0.3, 0.4) is 0 Å². The fraction of sp³-hybridized carbons (Fsp3) is 0.571. The van der Waals surface area contributed by atoms with Gasteiger partial charge in [0.15, 0.2) is 0 Å². The van der Waals surface area contributed by atoms with Crippen molar-refractivity contribution in [2.75, 3.05) is 20.1 Å². The summed E-state index contributed by atoms with van der Waals surface area (Å²) in [6.45, 7) is 5.48. The lowest BCUT2D eigenvalue weighted by Gasteiger charge is -2.17. The maximum absolute atomic E-state index is 13.7. The Morgan fingerprint density at radius 2 is 1.95 bits per heavy atom. The number of hydrogen-bond acceptors (Lipinski definition) is 3. The van der Waals surface area contributed by atoms with Crippen LogP contribution in [0.2, 0.25) is 0 Å². The molecular weight excluding hydrogens is 279 g/mol. The van der Waals surface area contributed by atoms with Gasteiger partial charge in [0.2, 0.25) is 10.0 Å². The average molecular weight is 302 g/mol. The van der Waals surface area contributed by atoms with Gasteiger partial charge in [0.25, 0.3) is 0 Å². The van der Waals surface area contributed by atoms with Crippen LogP contribution in [0.1, 0.15) is 32.3 Å². The summed E-state index contributed by atoms with van der Waals surface area (Å²) in [6.07, 6.45) is 1.68. The zero-order chi connectivity index (χ0) is 15.2. The van der Waals surface area contributed by atoms with Crippen molar-refractivity contribution in [3.05, 3.63) is 29.6 Å². The summed E-state index contributed by atoms with van der Waals surface area (Å²) in [5.74, 6) is -0.384. The van der Waals surface area contributed by atoms with E-state index in [4.69, 9.17) is 0 Å². The molecule has 6 heteroatoms. The molecule has 0 aromatic heterocycles. The van der Waals surface area contributed by atoms with Crippen LogP contribution in [0.25, 0.3) is 0 Å². The van der Waals surface area contributed by atoms with Crippen molar-refractivity contribution in [2.45, 2.75) is 38.1 Å². The molecule has 114 valence electrons. The summed E-state index contributed by atoms with van der Waals surface area (Å²) in [7, 11) is -1.99. The van der Waals surface area contributed by atoms with Crippen molar-refractivity contribution in [3.8, 4) is 0 Å². The summed E-state index contributed by atoms with van der Waals surface area (Å²) < 4.78 is 39.6. The fourth-order valence-electron chi connectivity index (χ4n) is 1.86. The molecule has 20 heavy (non-hydrogen) atoms. The van der Waals surface area contributed by atoms with Gasteiger partial charge in [-0.1, -0.05) is 13.8 Å². The molecule has 0 bridgehead atoms. The topological polar surface area (TPSA) is 49.4 Å². The highest BCUT2D eigenvalue weighted by atomic mass is 32.2. The fourth-order valence-corrected chi connectivity index (χ4v) is 3.18. The highest BCUT2D eigenvalue weighted by Gasteiger charge is 2.21. The van der Waals surface area contributed by atoms with Crippen molar-refractivity contribution in [1.82, 2.24) is 9.62 Å². The predicted octanol–water partition coefficient (Wildman–Crippen LogP) is 2.36. The Balaban J connectivity index is 2.99. The lowest BCUT2D eigenvalue weighted by atomic mass is 10.2. The number of sulfonamides is 1. The molecular formula is C14H23FN2O2S. The summed E-state index contributed by atoms with van der Waals surface area (Å²) >= 11 is 0. The number of nitrogens with zero attached hydrogens (tertiary/aromatic N) is 1. The van der Waals surface area contributed by atoms with E-state index in [1.165, 1.54) is 29.6 Å². The van der Waals surface area contributed by atoms with E-state index in [0.717, 1.165) is 19.4 Å². The number of halogens is 1. The van der Waals surface area contributed by atoms with Gasteiger partial charge in [0, 0.05) is 25.7 Å². The van der Waals surface area contributed by atoms with Gasteiger partial charge in [-0.15, -0.1) is 0 Å². The quantitative estimate of drug-likeness (QED) is 0.750. The minimum Gasteiger partial charge on any atom is -0.313 e. The molecule has 0 heterocycles. The number of rotatable bonds is 8. The van der Waals surface area contributed by atoms with Crippen molar-refractivity contribution in [3.63, 3.8) is 0 Å². The van der Waals surface area contributed by atoms with E-state index in [1.807, 2.05) is 13.8 Å². The summed E-state index contributed by atoms with van der Waals surface area (Å²) in [6, 6.07) is 3.95. The van der Waals surface area contributed by atoms with Crippen LogP contribution < -0.4 is 5.32 Å². The molecule has 0 fully saturated rings. The lowest BCUT2D eigenvalue weighted by Crippen LogP contribution is -2.28. The second-order valence-corrected chi connectivity index (χ2v) is 6.80. The van der Waals surface area contributed by atoms with Crippen LogP contribution in [-0.4, -0.2) is 32.9 Å². The molecule has 0 unspecified atom stereocenters. The molecule has 1 aromatic carbocycles. The first-order chi connectivity index (χ1) is 9.43. The van der Waals surface area contributed by atoms with Gasteiger partial charge in [-0.3, -0.25) is 0 Å². The molecule has 0 atom stereocenters. The Labute approximate surface area is 121 Å². The molecule has 0 saturated carbocycles. The molecule has 0 spiro atoms. The smallest absolute Gasteiger partial charge is 0.242 e. The van der Waals surface area contributed by atoms with Crippen LogP contribution in [0, 0.1) is 5.82 Å². The normalized spacial score (nSPS) is 12.1. The minimum atomic E-state index is -3.53. The van der Waals surface area contributed by atoms with Gasteiger partial charge >= 0.3 is 0 Å². The van der Waals surface area contributed by atoms with Crippen LogP contribution >= 0.6 is 0 Å².